The molecule has 1 aromatic carbocycles. The first-order valence-corrected chi connectivity index (χ1v) is 11.6. The third-order valence-corrected chi connectivity index (χ3v) is 7.80. The van der Waals surface area contributed by atoms with Gasteiger partial charge in [-0.2, -0.15) is 8.42 Å². The highest BCUT2D eigenvalue weighted by molar-refractivity contribution is 7.91. The second-order valence-electron chi connectivity index (χ2n) is 7.76. The number of benzene rings is 1. The van der Waals surface area contributed by atoms with Gasteiger partial charge in [-0.25, -0.2) is 4.98 Å². The summed E-state index contributed by atoms with van der Waals surface area (Å²) in [6.45, 7) is 9.30. The maximum atomic E-state index is 12.8. The number of halogens is 1. The minimum absolute atomic E-state index is 0.0200. The first kappa shape index (κ1) is 21.1. The number of anilines is 1. The van der Waals surface area contributed by atoms with Crippen molar-refractivity contribution in [3.63, 3.8) is 0 Å². The standard InChI is InChI=1S/C19H24ClN3O3S2/c1-10(2)13-7-12(20)8-14-11(3)6-16(22-17(13)14)23-28(25,26)18-21-9-15(27-18)19(4,5)24/h6-11,22-24H,1-5H3. The minimum atomic E-state index is -3.88. The van der Waals surface area contributed by atoms with E-state index in [-0.39, 0.29) is 16.2 Å². The van der Waals surface area contributed by atoms with Crippen LogP contribution < -0.4 is 10.0 Å². The van der Waals surface area contributed by atoms with Crippen LogP contribution >= 0.6 is 22.9 Å². The van der Waals surface area contributed by atoms with Crippen molar-refractivity contribution in [2.45, 2.75) is 56.4 Å². The number of nitrogens with zero attached hydrogens (tertiary/aromatic N) is 1. The molecule has 1 aliphatic rings. The fourth-order valence-corrected chi connectivity index (χ4v) is 5.44. The van der Waals surface area contributed by atoms with Crippen LogP contribution in [0.15, 0.2) is 34.6 Å². The Morgan fingerprint density at radius 1 is 1.36 bits per heavy atom. The van der Waals surface area contributed by atoms with Crippen molar-refractivity contribution in [2.24, 2.45) is 0 Å². The van der Waals surface area contributed by atoms with Crippen LogP contribution in [0.1, 0.15) is 62.5 Å². The molecule has 2 heterocycles. The summed E-state index contributed by atoms with van der Waals surface area (Å²) < 4.78 is 28.1. The van der Waals surface area contributed by atoms with E-state index in [1.807, 2.05) is 25.1 Å². The van der Waals surface area contributed by atoms with Crippen molar-refractivity contribution < 1.29 is 13.5 Å². The molecule has 9 heteroatoms. The molecule has 0 radical (unpaired) electrons. The number of nitrogens with one attached hydrogen (secondary N) is 2. The van der Waals surface area contributed by atoms with E-state index in [0.29, 0.717) is 15.7 Å². The Morgan fingerprint density at radius 2 is 2.04 bits per heavy atom. The summed E-state index contributed by atoms with van der Waals surface area (Å²) in [5.41, 5.74) is 1.78. The summed E-state index contributed by atoms with van der Waals surface area (Å²) in [6.07, 6.45) is 3.20. The van der Waals surface area contributed by atoms with E-state index in [1.165, 1.54) is 6.20 Å². The molecule has 3 N–H and O–H groups in total. The predicted molar refractivity (Wildman–Crippen MR) is 113 cm³/mol. The highest BCUT2D eigenvalue weighted by Gasteiger charge is 2.28. The Kier molecular flexibility index (Phi) is 5.53. The van der Waals surface area contributed by atoms with Crippen molar-refractivity contribution in [1.82, 2.24) is 9.71 Å². The molecule has 0 aliphatic carbocycles. The number of allylic oxidation sites excluding steroid dienone is 1. The zero-order valence-corrected chi connectivity index (χ0v) is 18.8. The quantitative estimate of drug-likeness (QED) is 0.635. The largest absolute Gasteiger partial charge is 0.385 e. The molecule has 0 saturated carbocycles. The van der Waals surface area contributed by atoms with Crippen LogP contribution in [0.3, 0.4) is 0 Å². The second-order valence-corrected chi connectivity index (χ2v) is 11.1. The SMILES string of the molecule is CC(C)c1cc(Cl)cc2c1NC(NS(=O)(=O)c1ncc(C(C)(C)O)s1)=CC2C. The van der Waals surface area contributed by atoms with Crippen molar-refractivity contribution in [3.8, 4) is 0 Å². The molecule has 28 heavy (non-hydrogen) atoms. The Labute approximate surface area is 174 Å². The third kappa shape index (κ3) is 4.20. The van der Waals surface area contributed by atoms with E-state index in [2.05, 4.69) is 28.9 Å². The van der Waals surface area contributed by atoms with Gasteiger partial charge in [0.15, 0.2) is 0 Å². The predicted octanol–water partition coefficient (Wildman–Crippen LogP) is 4.50. The molecular weight excluding hydrogens is 418 g/mol. The smallest absolute Gasteiger partial charge is 0.290 e. The highest BCUT2D eigenvalue weighted by Crippen LogP contribution is 2.39. The van der Waals surface area contributed by atoms with Gasteiger partial charge in [0.05, 0.1) is 10.5 Å². The van der Waals surface area contributed by atoms with E-state index in [1.54, 1.807) is 13.8 Å². The van der Waals surface area contributed by atoms with Gasteiger partial charge in [-0.05, 0) is 49.1 Å². The summed E-state index contributed by atoms with van der Waals surface area (Å²) >= 11 is 7.21. The van der Waals surface area contributed by atoms with Gasteiger partial charge >= 0.3 is 0 Å². The topological polar surface area (TPSA) is 91.3 Å². The summed E-state index contributed by atoms with van der Waals surface area (Å²) in [5, 5.41) is 13.9. The molecule has 0 spiro atoms. The maximum Gasteiger partial charge on any atom is 0.290 e. The normalized spacial score (nSPS) is 17.1. The number of fused-ring (bicyclic) bond motifs is 1. The van der Waals surface area contributed by atoms with Crippen LogP contribution in [0.4, 0.5) is 5.69 Å². The number of sulfonamides is 1. The van der Waals surface area contributed by atoms with Gasteiger partial charge in [0.1, 0.15) is 5.82 Å². The summed E-state index contributed by atoms with van der Waals surface area (Å²) in [6, 6.07) is 3.80. The number of rotatable bonds is 5. The van der Waals surface area contributed by atoms with Crippen molar-refractivity contribution in [1.29, 1.82) is 0 Å². The van der Waals surface area contributed by atoms with Crippen LogP contribution in [0.5, 0.6) is 0 Å². The molecule has 3 rings (SSSR count). The van der Waals surface area contributed by atoms with Crippen LogP contribution in [-0.4, -0.2) is 18.5 Å². The lowest BCUT2D eigenvalue weighted by Gasteiger charge is -2.28. The third-order valence-electron chi connectivity index (χ3n) is 4.51. The molecule has 0 amide bonds. The van der Waals surface area contributed by atoms with Crippen molar-refractivity contribution in [2.75, 3.05) is 5.32 Å². The van der Waals surface area contributed by atoms with E-state index in [4.69, 9.17) is 11.6 Å². The lowest BCUT2D eigenvalue weighted by molar-refractivity contribution is 0.0823. The average molecular weight is 442 g/mol. The Morgan fingerprint density at radius 3 is 2.61 bits per heavy atom. The Bertz CT molecular complexity index is 1040. The minimum Gasteiger partial charge on any atom is -0.385 e. The fourth-order valence-electron chi connectivity index (χ4n) is 3.04. The van der Waals surface area contributed by atoms with Gasteiger partial charge in [0.2, 0.25) is 4.34 Å². The molecule has 0 saturated heterocycles. The zero-order chi connectivity index (χ0) is 20.9. The van der Waals surface area contributed by atoms with Gasteiger partial charge in [-0.1, -0.05) is 32.4 Å². The first-order chi connectivity index (χ1) is 12.9. The Balaban J connectivity index is 1.92. The van der Waals surface area contributed by atoms with Crippen molar-refractivity contribution >= 4 is 38.6 Å². The molecule has 2 aromatic rings. The summed E-state index contributed by atoms with van der Waals surface area (Å²) in [5.74, 6) is 0.578. The summed E-state index contributed by atoms with van der Waals surface area (Å²) in [4.78, 5) is 4.46. The molecule has 0 bridgehead atoms. The van der Waals surface area contributed by atoms with Crippen LogP contribution in [0, 0.1) is 0 Å². The highest BCUT2D eigenvalue weighted by atomic mass is 35.5. The molecular formula is C19H24ClN3O3S2. The molecule has 1 atom stereocenters. The van der Waals surface area contributed by atoms with Crippen molar-refractivity contribution in [3.05, 3.63) is 51.3 Å². The van der Waals surface area contributed by atoms with Gasteiger partial charge in [0.25, 0.3) is 10.0 Å². The maximum absolute atomic E-state index is 12.8. The number of hydrogen-bond acceptors (Lipinski definition) is 6. The van der Waals surface area contributed by atoms with Crippen LogP contribution in [0.2, 0.25) is 5.02 Å². The van der Waals surface area contributed by atoms with Gasteiger partial charge in [-0.15, -0.1) is 11.3 Å². The second kappa shape index (κ2) is 7.33. The number of aromatic nitrogens is 1. The van der Waals surface area contributed by atoms with E-state index in [9.17, 15) is 13.5 Å². The molecule has 1 unspecified atom stereocenters. The van der Waals surface area contributed by atoms with Gasteiger partial charge < -0.3 is 10.4 Å². The fraction of sp³-hybridized carbons (Fsp3) is 0.421. The first-order valence-electron chi connectivity index (χ1n) is 8.92. The van der Waals surface area contributed by atoms with Crippen LogP contribution in [-0.2, 0) is 15.6 Å². The monoisotopic (exact) mass is 441 g/mol. The molecule has 0 fully saturated rings. The number of aliphatic hydroxyl groups is 1. The van der Waals surface area contributed by atoms with E-state index < -0.39 is 15.6 Å². The lowest BCUT2D eigenvalue weighted by atomic mass is 9.90. The van der Waals surface area contributed by atoms with E-state index >= 15 is 0 Å². The zero-order valence-electron chi connectivity index (χ0n) is 16.4. The van der Waals surface area contributed by atoms with Crippen LogP contribution in [0.25, 0.3) is 0 Å². The molecule has 6 nitrogen and oxygen atoms in total. The average Bonchev–Trinajstić information content (AvgIpc) is 3.06. The van der Waals surface area contributed by atoms with Gasteiger partial charge in [-0.3, -0.25) is 4.72 Å². The van der Waals surface area contributed by atoms with Gasteiger partial charge in [0, 0.05) is 22.8 Å². The Hall–Kier alpha value is -1.61. The lowest BCUT2D eigenvalue weighted by Crippen LogP contribution is -2.30. The molecule has 1 aliphatic heterocycles. The molecule has 1 aromatic heterocycles. The molecule has 152 valence electrons. The number of hydrogen-bond donors (Lipinski definition) is 3. The summed E-state index contributed by atoms with van der Waals surface area (Å²) in [7, 11) is -3.88. The number of thiazole rings is 1. The van der Waals surface area contributed by atoms with E-state index in [0.717, 1.165) is 28.2 Å².